The van der Waals surface area contributed by atoms with Crippen molar-refractivity contribution in [3.8, 4) is 17.3 Å². The van der Waals surface area contributed by atoms with Gasteiger partial charge in [-0.15, -0.1) is 0 Å². The topological polar surface area (TPSA) is 59.8 Å². The minimum absolute atomic E-state index is 0.128. The van der Waals surface area contributed by atoms with Crippen LogP contribution in [0.5, 0.6) is 11.6 Å². The Kier molecular flexibility index (Phi) is 8.13. The summed E-state index contributed by atoms with van der Waals surface area (Å²) in [5.41, 5.74) is 2.34. The molecule has 1 saturated carbocycles. The van der Waals surface area contributed by atoms with Gasteiger partial charge in [0.1, 0.15) is 0 Å². The molecule has 1 aliphatic rings. The molecule has 1 aliphatic carbocycles. The van der Waals surface area contributed by atoms with Gasteiger partial charge in [0.2, 0.25) is 5.88 Å². The number of rotatable bonds is 11. The SMILES string of the molecule is CC(C)c1nn(-c2ccccc2)c(Oc2ccccc2F)c1CN(C[C@H](O)COC(C)(C)C)C1CC1. The molecule has 0 aliphatic heterocycles. The minimum atomic E-state index is -0.618. The molecule has 0 radical (unpaired) electrons. The number of hydrogen-bond acceptors (Lipinski definition) is 5. The summed E-state index contributed by atoms with van der Waals surface area (Å²) in [6.45, 7) is 11.4. The van der Waals surface area contributed by atoms with Crippen molar-refractivity contribution in [3.05, 3.63) is 71.7 Å². The van der Waals surface area contributed by atoms with Gasteiger partial charge in [0.05, 0.1) is 35.3 Å². The van der Waals surface area contributed by atoms with Crippen molar-refractivity contribution in [1.82, 2.24) is 14.7 Å². The molecule has 2 aromatic carbocycles. The van der Waals surface area contributed by atoms with Crippen LogP contribution in [-0.4, -0.2) is 50.7 Å². The predicted molar refractivity (Wildman–Crippen MR) is 139 cm³/mol. The molecular weight excluding hydrogens is 457 g/mol. The molecule has 3 aromatic rings. The highest BCUT2D eigenvalue weighted by atomic mass is 19.1. The molecule has 1 N–H and O–H groups in total. The second-order valence-electron chi connectivity index (χ2n) is 10.8. The molecule has 194 valence electrons. The van der Waals surface area contributed by atoms with E-state index in [9.17, 15) is 9.50 Å². The standard InChI is InChI=1S/C29H38FN3O3/c1-20(2)27-24(18-32(21-15-16-21)17-23(34)19-35-29(3,4)5)28(36-26-14-10-9-13-25(26)30)33(31-27)22-11-7-6-8-12-22/h6-14,20-21,23,34H,15-19H2,1-5H3/t23-/m0/s1. The molecular formula is C29H38FN3O3. The Bertz CT molecular complexity index is 1140. The number of benzene rings is 2. The van der Waals surface area contributed by atoms with Crippen molar-refractivity contribution < 1.29 is 19.0 Å². The van der Waals surface area contributed by atoms with Crippen LogP contribution in [0.15, 0.2) is 54.6 Å². The normalized spacial score (nSPS) is 15.0. The highest BCUT2D eigenvalue weighted by Gasteiger charge is 2.34. The average molecular weight is 496 g/mol. The van der Waals surface area contributed by atoms with Crippen LogP contribution in [0.3, 0.4) is 0 Å². The van der Waals surface area contributed by atoms with Gasteiger partial charge < -0.3 is 14.6 Å². The molecule has 0 amide bonds. The van der Waals surface area contributed by atoms with Crippen LogP contribution >= 0.6 is 0 Å². The van der Waals surface area contributed by atoms with Gasteiger partial charge in [0, 0.05) is 19.1 Å². The number of aliphatic hydroxyl groups excluding tert-OH is 1. The molecule has 1 aromatic heterocycles. The first kappa shape index (κ1) is 26.3. The number of aliphatic hydroxyl groups is 1. The number of para-hydroxylation sites is 2. The highest BCUT2D eigenvalue weighted by Crippen LogP contribution is 2.38. The van der Waals surface area contributed by atoms with Crippen LogP contribution in [0.2, 0.25) is 0 Å². The van der Waals surface area contributed by atoms with Crippen molar-refractivity contribution in [3.63, 3.8) is 0 Å². The lowest BCUT2D eigenvalue weighted by Gasteiger charge is -2.28. The maximum Gasteiger partial charge on any atom is 0.227 e. The number of hydrogen-bond donors (Lipinski definition) is 1. The Labute approximate surface area is 213 Å². The van der Waals surface area contributed by atoms with Crippen LogP contribution < -0.4 is 4.74 Å². The van der Waals surface area contributed by atoms with E-state index in [0.717, 1.165) is 29.8 Å². The van der Waals surface area contributed by atoms with Crippen molar-refractivity contribution in [2.24, 2.45) is 0 Å². The van der Waals surface area contributed by atoms with Gasteiger partial charge in [-0.3, -0.25) is 4.90 Å². The number of halogens is 1. The number of ether oxygens (including phenoxy) is 2. The summed E-state index contributed by atoms with van der Waals surface area (Å²) in [6, 6.07) is 16.6. The van der Waals surface area contributed by atoms with E-state index in [1.807, 2.05) is 51.1 Å². The smallest absolute Gasteiger partial charge is 0.227 e. The Balaban J connectivity index is 1.70. The maximum atomic E-state index is 14.6. The molecule has 4 rings (SSSR count). The molecule has 7 heteroatoms. The van der Waals surface area contributed by atoms with E-state index in [1.165, 1.54) is 6.07 Å². The van der Waals surface area contributed by atoms with Gasteiger partial charge in [-0.1, -0.05) is 44.2 Å². The van der Waals surface area contributed by atoms with Crippen LogP contribution in [0.4, 0.5) is 4.39 Å². The van der Waals surface area contributed by atoms with E-state index in [-0.39, 0.29) is 23.9 Å². The fourth-order valence-electron chi connectivity index (χ4n) is 4.20. The first-order chi connectivity index (χ1) is 17.1. The molecule has 1 heterocycles. The van der Waals surface area contributed by atoms with E-state index < -0.39 is 11.9 Å². The lowest BCUT2D eigenvalue weighted by Crippen LogP contribution is -2.38. The Hall–Kier alpha value is -2.74. The number of nitrogens with zero attached hydrogens (tertiary/aromatic N) is 3. The molecule has 0 saturated heterocycles. The van der Waals surface area contributed by atoms with E-state index in [0.29, 0.717) is 25.0 Å². The van der Waals surface area contributed by atoms with Gasteiger partial charge in [-0.2, -0.15) is 5.10 Å². The number of aromatic nitrogens is 2. The van der Waals surface area contributed by atoms with Crippen LogP contribution in [0, 0.1) is 5.82 Å². The highest BCUT2D eigenvalue weighted by molar-refractivity contribution is 5.44. The van der Waals surface area contributed by atoms with Crippen LogP contribution in [-0.2, 0) is 11.3 Å². The van der Waals surface area contributed by atoms with E-state index >= 15 is 0 Å². The van der Waals surface area contributed by atoms with E-state index in [1.54, 1.807) is 22.9 Å². The zero-order valence-electron chi connectivity index (χ0n) is 21.9. The van der Waals surface area contributed by atoms with Crippen LogP contribution in [0.1, 0.15) is 64.6 Å². The zero-order valence-corrected chi connectivity index (χ0v) is 21.9. The molecule has 36 heavy (non-hydrogen) atoms. The van der Waals surface area contributed by atoms with Crippen LogP contribution in [0.25, 0.3) is 5.69 Å². The van der Waals surface area contributed by atoms with Gasteiger partial charge in [-0.05, 0) is 63.8 Å². The summed E-state index contributed by atoms with van der Waals surface area (Å²) in [5, 5.41) is 15.7. The summed E-state index contributed by atoms with van der Waals surface area (Å²) in [6.07, 6.45) is 1.55. The van der Waals surface area contributed by atoms with E-state index in [2.05, 4.69) is 18.7 Å². The zero-order chi connectivity index (χ0) is 25.9. The predicted octanol–water partition coefficient (Wildman–Crippen LogP) is 6.07. The third-order valence-electron chi connectivity index (χ3n) is 6.14. The average Bonchev–Trinajstić information content (AvgIpc) is 3.62. The minimum Gasteiger partial charge on any atom is -0.435 e. The molecule has 6 nitrogen and oxygen atoms in total. The molecule has 1 fully saturated rings. The Morgan fingerprint density at radius 2 is 1.75 bits per heavy atom. The molecule has 0 spiro atoms. The largest absolute Gasteiger partial charge is 0.435 e. The van der Waals surface area contributed by atoms with Gasteiger partial charge in [0.25, 0.3) is 0 Å². The monoisotopic (exact) mass is 495 g/mol. The first-order valence-electron chi connectivity index (χ1n) is 12.8. The summed E-state index contributed by atoms with van der Waals surface area (Å²) in [4.78, 5) is 2.28. The summed E-state index contributed by atoms with van der Waals surface area (Å²) in [5.74, 6) is 0.357. The second-order valence-corrected chi connectivity index (χ2v) is 10.8. The summed E-state index contributed by atoms with van der Waals surface area (Å²) < 4.78 is 28.5. The van der Waals surface area contributed by atoms with Crippen molar-refractivity contribution in [1.29, 1.82) is 0 Å². The van der Waals surface area contributed by atoms with E-state index in [4.69, 9.17) is 14.6 Å². The van der Waals surface area contributed by atoms with Gasteiger partial charge >= 0.3 is 0 Å². The molecule has 0 bridgehead atoms. The van der Waals surface area contributed by atoms with Gasteiger partial charge in [-0.25, -0.2) is 9.07 Å². The fourth-order valence-corrected chi connectivity index (χ4v) is 4.20. The third-order valence-corrected chi connectivity index (χ3v) is 6.14. The second kappa shape index (κ2) is 11.1. The summed E-state index contributed by atoms with van der Waals surface area (Å²) >= 11 is 0. The van der Waals surface area contributed by atoms with Crippen molar-refractivity contribution in [2.75, 3.05) is 13.2 Å². The Morgan fingerprint density at radius 1 is 1.08 bits per heavy atom. The fraction of sp³-hybridized carbons (Fsp3) is 0.483. The Morgan fingerprint density at radius 3 is 2.36 bits per heavy atom. The molecule has 1 atom stereocenters. The lowest BCUT2D eigenvalue weighted by molar-refractivity contribution is -0.0573. The third kappa shape index (κ3) is 6.72. The van der Waals surface area contributed by atoms with Gasteiger partial charge in [0.15, 0.2) is 11.6 Å². The molecule has 0 unspecified atom stereocenters. The quantitative estimate of drug-likeness (QED) is 0.350. The lowest BCUT2D eigenvalue weighted by atomic mass is 10.1. The van der Waals surface area contributed by atoms with Crippen molar-refractivity contribution >= 4 is 0 Å². The first-order valence-corrected chi connectivity index (χ1v) is 12.8. The maximum absolute atomic E-state index is 14.6. The summed E-state index contributed by atoms with van der Waals surface area (Å²) in [7, 11) is 0. The van der Waals surface area contributed by atoms with Crippen molar-refractivity contribution in [2.45, 2.75) is 77.7 Å².